The minimum absolute atomic E-state index is 0.0873. The molecular formula is C19H18N2O3. The molecule has 0 amide bonds. The van der Waals surface area contributed by atoms with Gasteiger partial charge in [0, 0.05) is 23.0 Å². The molecule has 122 valence electrons. The highest BCUT2D eigenvalue weighted by atomic mass is 16.5. The number of nitrogens with one attached hydrogen (secondary N) is 1. The molecule has 5 nitrogen and oxygen atoms in total. The SMILES string of the molecule is COc1ccc(C(=O)c2ccc(=O)n3c4c([nH]c23)CCCC4)cc1. The van der Waals surface area contributed by atoms with E-state index in [2.05, 4.69) is 4.98 Å². The Bertz CT molecular complexity index is 980. The number of hydrogen-bond acceptors (Lipinski definition) is 3. The third-order valence-corrected chi connectivity index (χ3v) is 4.67. The summed E-state index contributed by atoms with van der Waals surface area (Å²) in [7, 11) is 1.59. The van der Waals surface area contributed by atoms with Crippen LogP contribution < -0.4 is 10.3 Å². The molecule has 0 radical (unpaired) electrons. The number of H-pyrrole nitrogens is 1. The fraction of sp³-hybridized carbons (Fsp3) is 0.263. The summed E-state index contributed by atoms with van der Waals surface area (Å²) < 4.78 is 6.80. The zero-order chi connectivity index (χ0) is 16.7. The lowest BCUT2D eigenvalue weighted by Gasteiger charge is -2.10. The van der Waals surface area contributed by atoms with Gasteiger partial charge in [-0.15, -0.1) is 0 Å². The maximum absolute atomic E-state index is 12.9. The Hall–Kier alpha value is -2.82. The molecule has 0 bridgehead atoms. The lowest BCUT2D eigenvalue weighted by Crippen LogP contribution is -2.17. The molecule has 1 N–H and O–H groups in total. The summed E-state index contributed by atoms with van der Waals surface area (Å²) in [6, 6.07) is 10.1. The molecule has 1 aromatic carbocycles. The molecule has 0 saturated heterocycles. The number of aromatic nitrogens is 2. The van der Waals surface area contributed by atoms with Crippen LogP contribution in [-0.4, -0.2) is 22.3 Å². The lowest BCUT2D eigenvalue weighted by atomic mass is 10.0. The third-order valence-electron chi connectivity index (χ3n) is 4.67. The van der Waals surface area contributed by atoms with Crippen LogP contribution >= 0.6 is 0 Å². The van der Waals surface area contributed by atoms with E-state index in [-0.39, 0.29) is 11.3 Å². The number of nitrogens with zero attached hydrogens (tertiary/aromatic N) is 1. The quantitative estimate of drug-likeness (QED) is 0.754. The van der Waals surface area contributed by atoms with Gasteiger partial charge < -0.3 is 9.72 Å². The largest absolute Gasteiger partial charge is 0.497 e. The maximum Gasteiger partial charge on any atom is 0.256 e. The summed E-state index contributed by atoms with van der Waals surface area (Å²) in [5.74, 6) is 0.602. The second kappa shape index (κ2) is 5.67. The first-order chi connectivity index (χ1) is 11.7. The number of rotatable bonds is 3. The van der Waals surface area contributed by atoms with Crippen LogP contribution in [0.3, 0.4) is 0 Å². The fourth-order valence-electron chi connectivity index (χ4n) is 3.42. The van der Waals surface area contributed by atoms with Crippen LogP contribution in [0.1, 0.15) is 40.2 Å². The van der Waals surface area contributed by atoms with Crippen LogP contribution in [0.4, 0.5) is 0 Å². The van der Waals surface area contributed by atoms with Crippen LogP contribution in [0.5, 0.6) is 5.75 Å². The van der Waals surface area contributed by atoms with Gasteiger partial charge in [-0.2, -0.15) is 0 Å². The Morgan fingerprint density at radius 1 is 1.08 bits per heavy atom. The van der Waals surface area contributed by atoms with E-state index < -0.39 is 0 Å². The molecule has 1 aliphatic rings. The average Bonchev–Trinajstić information content (AvgIpc) is 3.02. The Labute approximate surface area is 138 Å². The normalized spacial score (nSPS) is 13.7. The molecule has 3 aromatic rings. The molecule has 1 aliphatic carbocycles. The minimum Gasteiger partial charge on any atom is -0.497 e. The first-order valence-electron chi connectivity index (χ1n) is 8.13. The highest BCUT2D eigenvalue weighted by molar-refractivity contribution is 6.12. The van der Waals surface area contributed by atoms with Gasteiger partial charge in [-0.25, -0.2) is 0 Å². The van der Waals surface area contributed by atoms with Gasteiger partial charge in [0.15, 0.2) is 5.78 Å². The van der Waals surface area contributed by atoms with Gasteiger partial charge >= 0.3 is 0 Å². The molecule has 4 rings (SSSR count). The second-order valence-electron chi connectivity index (χ2n) is 6.08. The first-order valence-corrected chi connectivity index (χ1v) is 8.13. The van der Waals surface area contributed by atoms with Crippen LogP contribution in [0.25, 0.3) is 5.65 Å². The molecule has 0 aliphatic heterocycles. The van der Waals surface area contributed by atoms with Gasteiger partial charge in [0.2, 0.25) is 0 Å². The Kier molecular flexibility index (Phi) is 3.49. The zero-order valence-electron chi connectivity index (χ0n) is 13.5. The van der Waals surface area contributed by atoms with Crippen molar-refractivity contribution >= 4 is 11.4 Å². The molecule has 0 unspecified atom stereocenters. The number of carbonyl (C=O) groups is 1. The van der Waals surface area contributed by atoms with Crippen molar-refractivity contribution in [1.82, 2.24) is 9.38 Å². The molecule has 0 atom stereocenters. The number of aryl methyl sites for hydroxylation is 2. The van der Waals surface area contributed by atoms with Crippen LogP contribution in [0.2, 0.25) is 0 Å². The summed E-state index contributed by atoms with van der Waals surface area (Å²) >= 11 is 0. The van der Waals surface area contributed by atoms with Crippen LogP contribution in [0, 0.1) is 0 Å². The number of methoxy groups -OCH3 is 1. The van der Waals surface area contributed by atoms with Crippen molar-refractivity contribution in [2.24, 2.45) is 0 Å². The Balaban J connectivity index is 1.87. The maximum atomic E-state index is 12.9. The van der Waals surface area contributed by atoms with Crippen LogP contribution in [0.15, 0.2) is 41.2 Å². The van der Waals surface area contributed by atoms with Crippen molar-refractivity contribution in [2.45, 2.75) is 25.7 Å². The van der Waals surface area contributed by atoms with E-state index in [1.165, 1.54) is 6.07 Å². The Morgan fingerprint density at radius 3 is 2.58 bits per heavy atom. The smallest absolute Gasteiger partial charge is 0.256 e. The molecular weight excluding hydrogens is 304 g/mol. The average molecular weight is 322 g/mol. The van der Waals surface area contributed by atoms with E-state index in [1.54, 1.807) is 41.8 Å². The van der Waals surface area contributed by atoms with Crippen molar-refractivity contribution < 1.29 is 9.53 Å². The summed E-state index contributed by atoms with van der Waals surface area (Å²) in [5, 5.41) is 0. The summed E-state index contributed by atoms with van der Waals surface area (Å²) in [5.41, 5.74) is 3.71. The first kappa shape index (κ1) is 14.8. The van der Waals surface area contributed by atoms with E-state index in [0.29, 0.717) is 22.5 Å². The van der Waals surface area contributed by atoms with Crippen molar-refractivity contribution in [3.8, 4) is 5.75 Å². The standard InChI is InChI=1S/C19H18N2O3/c1-24-13-8-6-12(7-9-13)18(23)14-10-11-17(22)21-16-5-3-2-4-15(16)20-19(14)21/h6-11,20H,2-5H2,1H3. The number of imidazole rings is 1. The molecule has 24 heavy (non-hydrogen) atoms. The van der Waals surface area contributed by atoms with E-state index in [4.69, 9.17) is 4.74 Å². The number of hydrogen-bond donors (Lipinski definition) is 1. The lowest BCUT2D eigenvalue weighted by molar-refractivity contribution is 0.103. The van der Waals surface area contributed by atoms with Gasteiger partial charge in [-0.1, -0.05) is 0 Å². The summed E-state index contributed by atoms with van der Waals surface area (Å²) in [4.78, 5) is 28.5. The van der Waals surface area contributed by atoms with E-state index in [9.17, 15) is 9.59 Å². The van der Waals surface area contributed by atoms with Gasteiger partial charge in [0.1, 0.15) is 11.4 Å². The van der Waals surface area contributed by atoms with Gasteiger partial charge in [0.25, 0.3) is 5.56 Å². The number of benzene rings is 1. The molecule has 2 aromatic heterocycles. The highest BCUT2D eigenvalue weighted by Crippen LogP contribution is 2.24. The number of aromatic amines is 1. The van der Waals surface area contributed by atoms with Gasteiger partial charge in [-0.3, -0.25) is 14.0 Å². The van der Waals surface area contributed by atoms with Crippen molar-refractivity contribution in [3.63, 3.8) is 0 Å². The third kappa shape index (κ3) is 2.24. The van der Waals surface area contributed by atoms with E-state index in [0.717, 1.165) is 37.1 Å². The molecule has 0 saturated carbocycles. The second-order valence-corrected chi connectivity index (χ2v) is 6.08. The zero-order valence-corrected chi connectivity index (χ0v) is 13.5. The van der Waals surface area contributed by atoms with E-state index >= 15 is 0 Å². The number of ketones is 1. The van der Waals surface area contributed by atoms with Crippen molar-refractivity contribution in [3.05, 3.63) is 69.3 Å². The van der Waals surface area contributed by atoms with Gasteiger partial charge in [0.05, 0.1) is 12.7 Å². The topological polar surface area (TPSA) is 63.6 Å². The number of pyridine rings is 1. The Morgan fingerprint density at radius 2 is 1.83 bits per heavy atom. The molecule has 0 fully saturated rings. The van der Waals surface area contributed by atoms with Crippen molar-refractivity contribution in [2.75, 3.05) is 7.11 Å². The predicted octanol–water partition coefficient (Wildman–Crippen LogP) is 2.75. The van der Waals surface area contributed by atoms with Crippen molar-refractivity contribution in [1.29, 1.82) is 0 Å². The number of carbonyl (C=O) groups excluding carboxylic acids is 1. The monoisotopic (exact) mass is 322 g/mol. The molecule has 0 spiro atoms. The van der Waals surface area contributed by atoms with Gasteiger partial charge in [-0.05, 0) is 56.0 Å². The summed E-state index contributed by atoms with van der Waals surface area (Å²) in [6.07, 6.45) is 3.97. The molecule has 2 heterocycles. The predicted molar refractivity (Wildman–Crippen MR) is 91.1 cm³/mol. The highest BCUT2D eigenvalue weighted by Gasteiger charge is 2.21. The number of ether oxygens (including phenoxy) is 1. The molecule has 5 heteroatoms. The number of fused-ring (bicyclic) bond motifs is 3. The minimum atomic E-state index is -0.103. The summed E-state index contributed by atoms with van der Waals surface area (Å²) in [6.45, 7) is 0. The van der Waals surface area contributed by atoms with Crippen LogP contribution in [-0.2, 0) is 12.8 Å². The fourth-order valence-corrected chi connectivity index (χ4v) is 3.42. The van der Waals surface area contributed by atoms with E-state index in [1.807, 2.05) is 0 Å².